The minimum atomic E-state index is 0.0240. The summed E-state index contributed by atoms with van der Waals surface area (Å²) in [5.74, 6) is 1.75. The van der Waals surface area contributed by atoms with Gasteiger partial charge in [0.2, 0.25) is 0 Å². The van der Waals surface area contributed by atoms with E-state index in [2.05, 4.69) is 10.3 Å². The normalized spacial score (nSPS) is 20.9. The van der Waals surface area contributed by atoms with Gasteiger partial charge in [0, 0.05) is 13.1 Å². The molecule has 1 saturated heterocycles. The van der Waals surface area contributed by atoms with Gasteiger partial charge in [0.25, 0.3) is 11.9 Å². The molecule has 2 aliphatic rings. The Hall–Kier alpha value is -3.80. The van der Waals surface area contributed by atoms with Crippen molar-refractivity contribution in [1.82, 2.24) is 9.88 Å². The molecule has 6 heteroatoms. The Morgan fingerprint density at radius 2 is 1.91 bits per heavy atom. The minimum absolute atomic E-state index is 0.0240. The summed E-state index contributed by atoms with van der Waals surface area (Å²) < 4.78 is 11.6. The summed E-state index contributed by atoms with van der Waals surface area (Å²) in [6.45, 7) is 3.36. The predicted octanol–water partition coefficient (Wildman–Crippen LogP) is 5.38. The van der Waals surface area contributed by atoms with Gasteiger partial charge in [-0.1, -0.05) is 54.6 Å². The molecule has 172 valence electrons. The van der Waals surface area contributed by atoms with Crippen LogP contribution in [0.25, 0.3) is 22.2 Å². The van der Waals surface area contributed by atoms with Crippen molar-refractivity contribution >= 4 is 23.0 Å². The number of fused-ring (bicyclic) bond motifs is 2. The first-order valence-corrected chi connectivity index (χ1v) is 11.8. The van der Waals surface area contributed by atoms with E-state index < -0.39 is 0 Å². The number of methoxy groups -OCH3 is 1. The summed E-state index contributed by atoms with van der Waals surface area (Å²) in [6.07, 6.45) is 1.17. The molecular formula is C28H27N3O3. The quantitative estimate of drug-likeness (QED) is 0.424. The van der Waals surface area contributed by atoms with Crippen LogP contribution in [0.2, 0.25) is 0 Å². The smallest absolute Gasteiger partial charge is 0.295 e. The summed E-state index contributed by atoms with van der Waals surface area (Å²) in [5.41, 5.74) is 5.09. The predicted molar refractivity (Wildman–Crippen MR) is 132 cm³/mol. The van der Waals surface area contributed by atoms with Gasteiger partial charge in [0.15, 0.2) is 5.58 Å². The van der Waals surface area contributed by atoms with Gasteiger partial charge in [-0.15, -0.1) is 0 Å². The molecule has 1 saturated carbocycles. The molecule has 1 aliphatic carbocycles. The number of nitrogens with one attached hydrogen (secondary N) is 1. The molecule has 0 radical (unpaired) electrons. The van der Waals surface area contributed by atoms with Crippen molar-refractivity contribution in [3.05, 3.63) is 77.9 Å². The van der Waals surface area contributed by atoms with Crippen LogP contribution < -0.4 is 10.1 Å². The second kappa shape index (κ2) is 8.20. The second-order valence-corrected chi connectivity index (χ2v) is 9.26. The molecule has 34 heavy (non-hydrogen) atoms. The van der Waals surface area contributed by atoms with E-state index in [9.17, 15) is 4.79 Å². The lowest BCUT2D eigenvalue weighted by Crippen LogP contribution is -2.42. The monoisotopic (exact) mass is 453 g/mol. The topological polar surface area (TPSA) is 67.6 Å². The van der Waals surface area contributed by atoms with Crippen molar-refractivity contribution in [1.29, 1.82) is 0 Å². The van der Waals surface area contributed by atoms with Crippen LogP contribution in [0.15, 0.2) is 71.1 Å². The van der Waals surface area contributed by atoms with E-state index in [0.29, 0.717) is 35.7 Å². The maximum Gasteiger partial charge on any atom is 0.295 e. The molecule has 0 spiro atoms. The number of ether oxygens (including phenoxy) is 1. The zero-order chi connectivity index (χ0) is 23.2. The van der Waals surface area contributed by atoms with Crippen LogP contribution in [-0.2, 0) is 0 Å². The van der Waals surface area contributed by atoms with Crippen LogP contribution in [-0.4, -0.2) is 42.0 Å². The zero-order valence-corrected chi connectivity index (χ0v) is 19.3. The van der Waals surface area contributed by atoms with Gasteiger partial charge in [-0.05, 0) is 54.0 Å². The Kier molecular flexibility index (Phi) is 5.01. The highest BCUT2D eigenvalue weighted by molar-refractivity contribution is 6.04. The number of hydrogen-bond acceptors (Lipinski definition) is 5. The number of amides is 1. The number of benzene rings is 3. The number of rotatable bonds is 6. The van der Waals surface area contributed by atoms with Gasteiger partial charge in [0.05, 0.1) is 18.7 Å². The van der Waals surface area contributed by atoms with Crippen LogP contribution >= 0.6 is 0 Å². The van der Waals surface area contributed by atoms with Gasteiger partial charge in [-0.25, -0.2) is 0 Å². The maximum absolute atomic E-state index is 14.1. The van der Waals surface area contributed by atoms with Crippen molar-refractivity contribution < 1.29 is 13.9 Å². The molecule has 2 fully saturated rings. The van der Waals surface area contributed by atoms with E-state index in [1.165, 1.54) is 6.42 Å². The van der Waals surface area contributed by atoms with Crippen molar-refractivity contribution in [2.45, 2.75) is 19.4 Å². The number of likely N-dealkylation sites (tertiary alicyclic amines) is 1. The summed E-state index contributed by atoms with van der Waals surface area (Å²) in [7, 11) is 1.64. The van der Waals surface area contributed by atoms with E-state index in [-0.39, 0.29) is 11.9 Å². The van der Waals surface area contributed by atoms with Gasteiger partial charge >= 0.3 is 0 Å². The maximum atomic E-state index is 14.1. The Balaban J connectivity index is 1.31. The summed E-state index contributed by atoms with van der Waals surface area (Å²) in [4.78, 5) is 20.6. The largest absolute Gasteiger partial charge is 0.496 e. The lowest BCUT2D eigenvalue weighted by atomic mass is 9.95. The van der Waals surface area contributed by atoms with Crippen molar-refractivity contribution in [2.24, 2.45) is 11.8 Å². The molecule has 3 atom stereocenters. The standard InChI is InChI=1S/C28H27N3O3/c1-17-12-13-20(18-8-4-3-5-9-18)25(26(17)33-2)27(32)31-16-19-14-21(19)23(31)15-29-28-30-22-10-6-7-11-24(22)34-28/h3-13,19,21,23H,14-16H2,1-2H3,(H,29,30). The molecule has 1 amide bonds. The molecule has 1 aromatic heterocycles. The Morgan fingerprint density at radius 1 is 1.12 bits per heavy atom. The molecule has 0 bridgehead atoms. The number of aryl methyl sites for hydroxylation is 1. The molecule has 1 N–H and O–H groups in total. The lowest BCUT2D eigenvalue weighted by Gasteiger charge is -2.29. The first-order chi connectivity index (χ1) is 16.6. The molecule has 6 rings (SSSR count). The summed E-state index contributed by atoms with van der Waals surface area (Å²) in [6, 6.07) is 22.4. The van der Waals surface area contributed by atoms with Crippen LogP contribution in [0.1, 0.15) is 22.3 Å². The second-order valence-electron chi connectivity index (χ2n) is 9.26. The molecule has 3 unspecified atom stereocenters. The fourth-order valence-corrected chi connectivity index (χ4v) is 5.37. The zero-order valence-electron chi connectivity index (χ0n) is 19.3. The van der Waals surface area contributed by atoms with Gasteiger partial charge in [-0.2, -0.15) is 4.98 Å². The van der Waals surface area contributed by atoms with Crippen molar-refractivity contribution in [3.63, 3.8) is 0 Å². The average Bonchev–Trinajstić information content (AvgIpc) is 3.35. The van der Waals surface area contributed by atoms with E-state index in [0.717, 1.165) is 34.3 Å². The van der Waals surface area contributed by atoms with E-state index in [4.69, 9.17) is 9.15 Å². The van der Waals surface area contributed by atoms with Gasteiger partial charge in [-0.3, -0.25) is 4.79 Å². The number of aromatic nitrogens is 1. The number of carbonyl (C=O) groups excluding carboxylic acids is 1. The highest BCUT2D eigenvalue weighted by atomic mass is 16.5. The Bertz CT molecular complexity index is 1330. The van der Waals surface area contributed by atoms with E-state index in [1.54, 1.807) is 7.11 Å². The number of nitrogens with zero attached hydrogens (tertiary/aromatic N) is 2. The third-order valence-corrected chi connectivity index (χ3v) is 7.18. The highest BCUT2D eigenvalue weighted by Crippen LogP contribution is 2.50. The van der Waals surface area contributed by atoms with Crippen LogP contribution in [0.5, 0.6) is 5.75 Å². The Labute approximate surface area is 198 Å². The van der Waals surface area contributed by atoms with Gasteiger partial charge < -0.3 is 19.4 Å². The van der Waals surface area contributed by atoms with Gasteiger partial charge in [0.1, 0.15) is 11.3 Å². The van der Waals surface area contributed by atoms with Crippen LogP contribution in [0, 0.1) is 18.8 Å². The average molecular weight is 454 g/mol. The third kappa shape index (κ3) is 3.50. The molecule has 4 aromatic rings. The minimum Gasteiger partial charge on any atom is -0.496 e. The van der Waals surface area contributed by atoms with Crippen molar-refractivity contribution in [2.75, 3.05) is 25.5 Å². The first kappa shape index (κ1) is 20.8. The van der Waals surface area contributed by atoms with Crippen LogP contribution in [0.3, 0.4) is 0 Å². The number of carbonyl (C=O) groups is 1. The lowest BCUT2D eigenvalue weighted by molar-refractivity contribution is 0.0712. The number of anilines is 1. The number of para-hydroxylation sites is 2. The van der Waals surface area contributed by atoms with E-state index in [1.807, 2.05) is 78.6 Å². The number of oxazole rings is 1. The van der Waals surface area contributed by atoms with Crippen LogP contribution in [0.4, 0.5) is 6.01 Å². The van der Waals surface area contributed by atoms with E-state index >= 15 is 0 Å². The SMILES string of the molecule is COc1c(C)ccc(-c2ccccc2)c1C(=O)N1CC2CC2C1CNc1nc2ccccc2o1. The number of piperidine rings is 1. The molecule has 1 aliphatic heterocycles. The molecule has 6 nitrogen and oxygen atoms in total. The molecule has 2 heterocycles. The summed E-state index contributed by atoms with van der Waals surface area (Å²) >= 11 is 0. The Morgan fingerprint density at radius 3 is 2.71 bits per heavy atom. The fourth-order valence-electron chi connectivity index (χ4n) is 5.37. The number of hydrogen-bond donors (Lipinski definition) is 1. The molecular weight excluding hydrogens is 426 g/mol. The first-order valence-electron chi connectivity index (χ1n) is 11.8. The summed E-state index contributed by atoms with van der Waals surface area (Å²) in [5, 5.41) is 3.35. The fraction of sp³-hybridized carbons (Fsp3) is 0.286. The third-order valence-electron chi connectivity index (χ3n) is 7.18. The molecule has 3 aromatic carbocycles. The van der Waals surface area contributed by atoms with Crippen molar-refractivity contribution in [3.8, 4) is 16.9 Å². The highest BCUT2D eigenvalue weighted by Gasteiger charge is 2.54.